The maximum absolute atomic E-state index is 5.74. The molecule has 0 saturated heterocycles. The van der Waals surface area contributed by atoms with Gasteiger partial charge in [-0.1, -0.05) is 18.6 Å². The summed E-state index contributed by atoms with van der Waals surface area (Å²) in [5.74, 6) is 1.50. The van der Waals surface area contributed by atoms with E-state index in [-0.39, 0.29) is 0 Å². The fourth-order valence-electron chi connectivity index (χ4n) is 3.09. The van der Waals surface area contributed by atoms with Crippen LogP contribution in [-0.2, 0) is 4.74 Å². The van der Waals surface area contributed by atoms with Crippen LogP contribution in [0.3, 0.4) is 0 Å². The van der Waals surface area contributed by atoms with E-state index < -0.39 is 0 Å². The summed E-state index contributed by atoms with van der Waals surface area (Å²) in [5.41, 5.74) is 3.23. The molecule has 0 unspecified atom stereocenters. The van der Waals surface area contributed by atoms with Gasteiger partial charge in [-0.3, -0.25) is 0 Å². The van der Waals surface area contributed by atoms with E-state index in [2.05, 4.69) is 13.0 Å². The van der Waals surface area contributed by atoms with Gasteiger partial charge in [-0.25, -0.2) is 0 Å². The summed E-state index contributed by atoms with van der Waals surface area (Å²) in [5, 5.41) is 0. The van der Waals surface area contributed by atoms with Gasteiger partial charge in [-0.05, 0) is 37.2 Å². The first-order valence-electron chi connectivity index (χ1n) is 5.38. The first-order valence-corrected chi connectivity index (χ1v) is 5.38. The standard InChI is InChI=1S/C12H16O/c1-8-5-9-3-2-4-10-7-13-11(6-8)12(9)10/h3,7-8,11-12H,2,4-6H2,1H3/t8-,11-,12-/m0/s1. The van der Waals surface area contributed by atoms with Gasteiger partial charge < -0.3 is 4.74 Å². The van der Waals surface area contributed by atoms with Crippen molar-refractivity contribution in [3.8, 4) is 0 Å². The summed E-state index contributed by atoms with van der Waals surface area (Å²) in [6.45, 7) is 2.34. The van der Waals surface area contributed by atoms with E-state index in [0.717, 1.165) is 5.92 Å². The molecule has 0 spiro atoms. The number of ether oxygens (including phenoxy) is 1. The quantitative estimate of drug-likeness (QED) is 0.515. The van der Waals surface area contributed by atoms with Crippen LogP contribution < -0.4 is 0 Å². The van der Waals surface area contributed by atoms with E-state index in [1.54, 1.807) is 11.1 Å². The summed E-state index contributed by atoms with van der Waals surface area (Å²) in [4.78, 5) is 0. The molecule has 0 aromatic rings. The highest BCUT2D eigenvalue weighted by Crippen LogP contribution is 2.46. The van der Waals surface area contributed by atoms with Crippen molar-refractivity contribution < 1.29 is 4.74 Å². The van der Waals surface area contributed by atoms with Crippen molar-refractivity contribution in [1.82, 2.24) is 0 Å². The Morgan fingerprint density at radius 3 is 3.23 bits per heavy atom. The molecule has 3 aliphatic rings. The van der Waals surface area contributed by atoms with E-state index >= 15 is 0 Å². The second-order valence-corrected chi connectivity index (χ2v) is 4.71. The molecule has 0 aromatic carbocycles. The molecule has 1 nitrogen and oxygen atoms in total. The Labute approximate surface area is 79.5 Å². The highest BCUT2D eigenvalue weighted by molar-refractivity contribution is 5.31. The summed E-state index contributed by atoms with van der Waals surface area (Å²) < 4.78 is 5.74. The Hall–Kier alpha value is -0.720. The minimum atomic E-state index is 0.491. The lowest BCUT2D eigenvalue weighted by atomic mass is 9.71. The van der Waals surface area contributed by atoms with Crippen molar-refractivity contribution in [2.75, 3.05) is 0 Å². The monoisotopic (exact) mass is 176 g/mol. The lowest BCUT2D eigenvalue weighted by Crippen LogP contribution is -2.30. The maximum atomic E-state index is 5.74. The normalized spacial score (nSPS) is 41.8. The first-order chi connectivity index (χ1) is 6.34. The van der Waals surface area contributed by atoms with Crippen molar-refractivity contribution in [2.45, 2.75) is 38.7 Å². The minimum absolute atomic E-state index is 0.491. The van der Waals surface area contributed by atoms with Gasteiger partial charge in [0.15, 0.2) is 0 Å². The van der Waals surface area contributed by atoms with Gasteiger partial charge in [0.2, 0.25) is 0 Å². The van der Waals surface area contributed by atoms with Crippen LogP contribution in [0.4, 0.5) is 0 Å². The molecular weight excluding hydrogens is 160 g/mol. The fraction of sp³-hybridized carbons (Fsp3) is 0.667. The predicted molar refractivity (Wildman–Crippen MR) is 52.2 cm³/mol. The van der Waals surface area contributed by atoms with Gasteiger partial charge in [0.25, 0.3) is 0 Å². The molecule has 0 radical (unpaired) electrons. The second-order valence-electron chi connectivity index (χ2n) is 4.71. The number of rotatable bonds is 0. The van der Waals surface area contributed by atoms with Crippen molar-refractivity contribution in [2.24, 2.45) is 11.8 Å². The molecule has 0 bridgehead atoms. The molecule has 0 amide bonds. The number of hydrogen-bond donors (Lipinski definition) is 0. The molecule has 3 rings (SSSR count). The Balaban J connectivity index is 1.97. The van der Waals surface area contributed by atoms with Crippen molar-refractivity contribution in [3.63, 3.8) is 0 Å². The molecule has 1 saturated carbocycles. The SMILES string of the molecule is C[C@H]1CC2=CCCC3=CO[C@@H](C1)[C@H]32. The van der Waals surface area contributed by atoms with Gasteiger partial charge in [0.05, 0.1) is 6.26 Å². The molecule has 13 heavy (non-hydrogen) atoms. The zero-order valence-corrected chi connectivity index (χ0v) is 8.12. The maximum Gasteiger partial charge on any atom is 0.108 e. The Kier molecular flexibility index (Phi) is 1.55. The minimum Gasteiger partial charge on any atom is -0.497 e. The van der Waals surface area contributed by atoms with Gasteiger partial charge in [-0.15, -0.1) is 0 Å². The molecule has 0 N–H and O–H groups in total. The van der Waals surface area contributed by atoms with Gasteiger partial charge in [0, 0.05) is 5.92 Å². The highest BCUT2D eigenvalue weighted by atomic mass is 16.5. The molecule has 1 heteroatoms. The van der Waals surface area contributed by atoms with Crippen molar-refractivity contribution >= 4 is 0 Å². The van der Waals surface area contributed by atoms with Crippen LogP contribution in [0.1, 0.15) is 32.6 Å². The van der Waals surface area contributed by atoms with Crippen LogP contribution in [0.5, 0.6) is 0 Å². The van der Waals surface area contributed by atoms with Crippen LogP contribution in [0, 0.1) is 11.8 Å². The Morgan fingerprint density at radius 2 is 2.31 bits per heavy atom. The molecule has 1 heterocycles. The number of hydrogen-bond acceptors (Lipinski definition) is 1. The lowest BCUT2D eigenvalue weighted by molar-refractivity contribution is 0.100. The van der Waals surface area contributed by atoms with E-state index in [1.165, 1.54) is 25.7 Å². The van der Waals surface area contributed by atoms with E-state index in [1.807, 2.05) is 6.26 Å². The first kappa shape index (κ1) is 7.66. The average Bonchev–Trinajstić information content (AvgIpc) is 2.50. The van der Waals surface area contributed by atoms with Gasteiger partial charge >= 0.3 is 0 Å². The fourth-order valence-corrected chi connectivity index (χ4v) is 3.09. The lowest BCUT2D eigenvalue weighted by Gasteiger charge is -2.35. The second kappa shape index (κ2) is 2.63. The smallest absolute Gasteiger partial charge is 0.108 e. The van der Waals surface area contributed by atoms with Crippen molar-refractivity contribution in [3.05, 3.63) is 23.5 Å². The summed E-state index contributed by atoms with van der Waals surface area (Å²) >= 11 is 0. The molecule has 70 valence electrons. The summed E-state index contributed by atoms with van der Waals surface area (Å²) in [6.07, 6.45) is 10.0. The van der Waals surface area contributed by atoms with E-state index in [4.69, 9.17) is 4.74 Å². The third kappa shape index (κ3) is 1.06. The van der Waals surface area contributed by atoms with Crippen LogP contribution in [-0.4, -0.2) is 6.10 Å². The van der Waals surface area contributed by atoms with Gasteiger partial charge in [0.1, 0.15) is 6.10 Å². The Morgan fingerprint density at radius 1 is 1.38 bits per heavy atom. The summed E-state index contributed by atoms with van der Waals surface area (Å²) in [7, 11) is 0. The zero-order valence-electron chi connectivity index (χ0n) is 8.12. The summed E-state index contributed by atoms with van der Waals surface area (Å²) in [6, 6.07) is 0. The number of allylic oxidation sites excluding steroid dienone is 1. The van der Waals surface area contributed by atoms with Crippen molar-refractivity contribution in [1.29, 1.82) is 0 Å². The molecule has 1 fully saturated rings. The average molecular weight is 176 g/mol. The zero-order chi connectivity index (χ0) is 8.84. The topological polar surface area (TPSA) is 9.23 Å². The van der Waals surface area contributed by atoms with E-state index in [9.17, 15) is 0 Å². The van der Waals surface area contributed by atoms with E-state index in [0.29, 0.717) is 12.0 Å². The van der Waals surface area contributed by atoms with Gasteiger partial charge in [-0.2, -0.15) is 0 Å². The third-order valence-corrected chi connectivity index (χ3v) is 3.62. The van der Waals surface area contributed by atoms with Crippen LogP contribution in [0.15, 0.2) is 23.5 Å². The molecule has 1 aliphatic heterocycles. The molecule has 0 aromatic heterocycles. The largest absolute Gasteiger partial charge is 0.497 e. The molecule has 2 aliphatic carbocycles. The molecular formula is C12H16O. The van der Waals surface area contributed by atoms with Crippen LogP contribution in [0.2, 0.25) is 0 Å². The molecule has 3 atom stereocenters. The third-order valence-electron chi connectivity index (χ3n) is 3.62. The highest BCUT2D eigenvalue weighted by Gasteiger charge is 2.40. The van der Waals surface area contributed by atoms with Crippen LogP contribution >= 0.6 is 0 Å². The van der Waals surface area contributed by atoms with Crippen LogP contribution in [0.25, 0.3) is 0 Å². The predicted octanol–water partition coefficient (Wildman–Crippen LogP) is 3.04. The Bertz CT molecular complexity index is 287.